The summed E-state index contributed by atoms with van der Waals surface area (Å²) in [5.41, 5.74) is 5.64. The summed E-state index contributed by atoms with van der Waals surface area (Å²) in [4.78, 5) is 0. The fourth-order valence-corrected chi connectivity index (χ4v) is 2.08. The zero-order valence-corrected chi connectivity index (χ0v) is 10.3. The van der Waals surface area contributed by atoms with Gasteiger partial charge in [0.25, 0.3) is 0 Å². The Morgan fingerprint density at radius 2 is 1.67 bits per heavy atom. The van der Waals surface area contributed by atoms with Gasteiger partial charge in [-0.3, -0.25) is 0 Å². The van der Waals surface area contributed by atoms with Crippen LogP contribution in [-0.4, -0.2) is 0 Å². The molecule has 0 atom stereocenters. The molecular weight excluding hydrogens is 220 g/mol. The van der Waals surface area contributed by atoms with Gasteiger partial charge in [-0.05, 0) is 31.0 Å². The number of fused-ring (bicyclic) bond motifs is 1. The van der Waals surface area contributed by atoms with Gasteiger partial charge in [-0.25, -0.2) is 0 Å². The molecule has 2 aromatic rings. The van der Waals surface area contributed by atoms with Crippen LogP contribution in [0.15, 0.2) is 64.8 Å². The van der Waals surface area contributed by atoms with Gasteiger partial charge in [0.1, 0.15) is 0 Å². The number of aryl methyl sites for hydroxylation is 1. The van der Waals surface area contributed by atoms with E-state index in [9.17, 15) is 0 Å². The minimum Gasteiger partial charge on any atom is -0.151 e. The molecule has 0 aliphatic heterocycles. The van der Waals surface area contributed by atoms with Crippen molar-refractivity contribution in [3.63, 3.8) is 0 Å². The molecule has 0 aromatic heterocycles. The van der Waals surface area contributed by atoms with Crippen LogP contribution in [0.2, 0.25) is 0 Å². The maximum Gasteiger partial charge on any atom is 0.0895 e. The van der Waals surface area contributed by atoms with E-state index in [2.05, 4.69) is 41.4 Å². The topological polar surface area (TPSA) is 24.7 Å². The molecular formula is C16H14N2. The van der Waals surface area contributed by atoms with E-state index in [0.29, 0.717) is 0 Å². The second-order valence-electron chi connectivity index (χ2n) is 4.49. The molecule has 0 saturated carbocycles. The number of allylic oxidation sites excluding steroid dienone is 1. The molecule has 0 saturated heterocycles. The van der Waals surface area contributed by atoms with Crippen molar-refractivity contribution < 1.29 is 0 Å². The van der Waals surface area contributed by atoms with Crippen LogP contribution in [0.1, 0.15) is 16.7 Å². The molecule has 0 radical (unpaired) electrons. The Hall–Kier alpha value is -2.22. The molecule has 3 rings (SSSR count). The lowest BCUT2D eigenvalue weighted by Gasteiger charge is -1.99. The van der Waals surface area contributed by atoms with Gasteiger partial charge in [-0.15, -0.1) is 0 Å². The van der Waals surface area contributed by atoms with Gasteiger partial charge in [0, 0.05) is 5.56 Å². The first-order chi connectivity index (χ1) is 8.83. The van der Waals surface area contributed by atoms with Gasteiger partial charge in [-0.2, -0.15) is 10.2 Å². The van der Waals surface area contributed by atoms with E-state index >= 15 is 0 Å². The van der Waals surface area contributed by atoms with Crippen LogP contribution in [0.25, 0.3) is 5.70 Å². The largest absolute Gasteiger partial charge is 0.151 e. The smallest absolute Gasteiger partial charge is 0.0895 e. The zero-order chi connectivity index (χ0) is 12.4. The summed E-state index contributed by atoms with van der Waals surface area (Å²) in [7, 11) is 0. The fraction of sp³-hybridized carbons (Fsp3) is 0.125. The maximum absolute atomic E-state index is 4.35. The molecule has 0 heterocycles. The SMILES string of the molecule is Cc1ccc(N=NC2=CCc3ccccc32)cc1. The molecule has 0 fully saturated rings. The Labute approximate surface area is 107 Å². The van der Waals surface area contributed by atoms with Crippen molar-refractivity contribution in [3.05, 3.63) is 71.3 Å². The fourth-order valence-electron chi connectivity index (χ4n) is 2.08. The van der Waals surface area contributed by atoms with Crippen molar-refractivity contribution in [2.45, 2.75) is 13.3 Å². The van der Waals surface area contributed by atoms with Crippen molar-refractivity contribution in [2.75, 3.05) is 0 Å². The second-order valence-corrected chi connectivity index (χ2v) is 4.49. The van der Waals surface area contributed by atoms with Gasteiger partial charge in [-0.1, -0.05) is 48.0 Å². The molecule has 2 heteroatoms. The molecule has 1 aliphatic carbocycles. The molecule has 2 aromatic carbocycles. The van der Waals surface area contributed by atoms with E-state index in [1.807, 2.05) is 30.3 Å². The number of nitrogens with zero attached hydrogens (tertiary/aromatic N) is 2. The molecule has 0 N–H and O–H groups in total. The third-order valence-corrected chi connectivity index (χ3v) is 3.12. The van der Waals surface area contributed by atoms with Gasteiger partial charge in [0.15, 0.2) is 0 Å². The number of azo groups is 1. The quantitative estimate of drug-likeness (QED) is 0.674. The monoisotopic (exact) mass is 234 g/mol. The molecule has 0 amide bonds. The summed E-state index contributed by atoms with van der Waals surface area (Å²) in [5, 5.41) is 8.64. The standard InChI is InChI=1S/C16H14N2/c1-12-6-9-14(10-7-12)17-18-16-11-8-13-4-2-3-5-15(13)16/h2-7,9-11H,8H2,1H3. The molecule has 88 valence electrons. The Bertz CT molecular complexity index is 622. The van der Waals surface area contributed by atoms with Crippen LogP contribution in [0, 0.1) is 6.92 Å². The first-order valence-corrected chi connectivity index (χ1v) is 6.10. The van der Waals surface area contributed by atoms with Crippen LogP contribution in [0.4, 0.5) is 5.69 Å². The minimum absolute atomic E-state index is 0.894. The Balaban J connectivity index is 1.84. The highest BCUT2D eigenvalue weighted by atomic mass is 15.1. The van der Waals surface area contributed by atoms with Gasteiger partial charge < -0.3 is 0 Å². The number of hydrogen-bond acceptors (Lipinski definition) is 2. The summed E-state index contributed by atoms with van der Waals surface area (Å²) in [6.07, 6.45) is 3.08. The van der Waals surface area contributed by atoms with Gasteiger partial charge >= 0.3 is 0 Å². The molecule has 1 aliphatic rings. The molecule has 18 heavy (non-hydrogen) atoms. The lowest BCUT2D eigenvalue weighted by molar-refractivity contribution is 1.24. The van der Waals surface area contributed by atoms with E-state index in [4.69, 9.17) is 0 Å². The average molecular weight is 234 g/mol. The summed E-state index contributed by atoms with van der Waals surface area (Å²) in [6.45, 7) is 2.07. The summed E-state index contributed by atoms with van der Waals surface area (Å²) in [5.74, 6) is 0. The highest BCUT2D eigenvalue weighted by Crippen LogP contribution is 2.29. The summed E-state index contributed by atoms with van der Waals surface area (Å²) in [6, 6.07) is 16.4. The third kappa shape index (κ3) is 2.09. The average Bonchev–Trinajstić information content (AvgIpc) is 2.82. The zero-order valence-electron chi connectivity index (χ0n) is 10.3. The van der Waals surface area contributed by atoms with Crippen LogP contribution in [0.3, 0.4) is 0 Å². The van der Waals surface area contributed by atoms with Crippen molar-refractivity contribution in [3.8, 4) is 0 Å². The molecule has 0 unspecified atom stereocenters. The number of benzene rings is 2. The number of rotatable bonds is 2. The number of hydrogen-bond donors (Lipinski definition) is 0. The first-order valence-electron chi connectivity index (χ1n) is 6.10. The highest BCUT2D eigenvalue weighted by Gasteiger charge is 2.12. The second kappa shape index (κ2) is 4.57. The van der Waals surface area contributed by atoms with Crippen molar-refractivity contribution in [1.82, 2.24) is 0 Å². The predicted octanol–water partition coefficient (Wildman–Crippen LogP) is 4.68. The molecule has 0 spiro atoms. The minimum atomic E-state index is 0.894. The van der Waals surface area contributed by atoms with Crippen LogP contribution < -0.4 is 0 Å². The van der Waals surface area contributed by atoms with E-state index < -0.39 is 0 Å². The van der Waals surface area contributed by atoms with Crippen LogP contribution in [-0.2, 0) is 6.42 Å². The van der Waals surface area contributed by atoms with E-state index in [0.717, 1.165) is 17.8 Å². The van der Waals surface area contributed by atoms with Crippen molar-refractivity contribution >= 4 is 11.4 Å². The van der Waals surface area contributed by atoms with E-state index in [1.54, 1.807) is 0 Å². The van der Waals surface area contributed by atoms with Crippen LogP contribution in [0.5, 0.6) is 0 Å². The molecule has 2 nitrogen and oxygen atoms in total. The molecule has 0 bridgehead atoms. The van der Waals surface area contributed by atoms with E-state index in [1.165, 1.54) is 16.7 Å². The Kier molecular flexibility index (Phi) is 2.77. The van der Waals surface area contributed by atoms with Gasteiger partial charge in [0.05, 0.1) is 11.4 Å². The highest BCUT2D eigenvalue weighted by molar-refractivity contribution is 5.71. The Morgan fingerprint density at radius 3 is 2.50 bits per heavy atom. The first kappa shape index (κ1) is 10.9. The Morgan fingerprint density at radius 1 is 0.889 bits per heavy atom. The van der Waals surface area contributed by atoms with Crippen molar-refractivity contribution in [2.24, 2.45) is 10.2 Å². The summed E-state index contributed by atoms with van der Waals surface area (Å²) < 4.78 is 0. The summed E-state index contributed by atoms with van der Waals surface area (Å²) >= 11 is 0. The maximum atomic E-state index is 4.35. The predicted molar refractivity (Wildman–Crippen MR) is 73.8 cm³/mol. The third-order valence-electron chi connectivity index (χ3n) is 3.12. The normalized spacial score (nSPS) is 13.7. The van der Waals surface area contributed by atoms with Gasteiger partial charge in [0.2, 0.25) is 0 Å². The lowest BCUT2D eigenvalue weighted by atomic mass is 10.1. The van der Waals surface area contributed by atoms with Crippen LogP contribution >= 0.6 is 0 Å². The van der Waals surface area contributed by atoms with E-state index in [-0.39, 0.29) is 0 Å². The lowest BCUT2D eigenvalue weighted by Crippen LogP contribution is -1.80. The van der Waals surface area contributed by atoms with Crippen molar-refractivity contribution in [1.29, 1.82) is 0 Å².